The molecule has 4 nitrogen and oxygen atoms in total. The molecule has 0 saturated carbocycles. The molecule has 10 heavy (non-hydrogen) atoms. The molecule has 0 bridgehead atoms. The number of nitrogens with two attached hydrogens (primary N) is 1. The lowest BCUT2D eigenvalue weighted by Gasteiger charge is -1.94. The Balaban J connectivity index is 3.74. The van der Waals surface area contributed by atoms with Gasteiger partial charge in [-0.2, -0.15) is 5.26 Å². The highest BCUT2D eigenvalue weighted by molar-refractivity contribution is 5.82. The van der Waals surface area contributed by atoms with E-state index in [1.807, 2.05) is 6.07 Å². The number of rotatable bonds is 2. The number of hydrogen-bond donors (Lipinski definition) is 1. The number of guanidine groups is 1. The highest BCUT2D eigenvalue weighted by atomic mass is 15.0. The van der Waals surface area contributed by atoms with Crippen LogP contribution in [0.15, 0.2) is 9.98 Å². The molecule has 0 fully saturated rings. The van der Waals surface area contributed by atoms with Gasteiger partial charge in [-0.15, -0.1) is 0 Å². The molecule has 0 aromatic heterocycles. The lowest BCUT2D eigenvalue weighted by Crippen LogP contribution is -2.09. The molecule has 4 heteroatoms. The van der Waals surface area contributed by atoms with E-state index in [4.69, 9.17) is 11.0 Å². The molecule has 0 rings (SSSR count). The number of nitrogens with zero attached hydrogens (tertiary/aromatic N) is 3. The third-order valence-corrected chi connectivity index (χ3v) is 0.910. The maximum atomic E-state index is 8.31. The summed E-state index contributed by atoms with van der Waals surface area (Å²) in [7, 11) is 0. The molecule has 0 spiro atoms. The van der Waals surface area contributed by atoms with E-state index in [0.29, 0.717) is 6.54 Å². The summed E-state index contributed by atoms with van der Waals surface area (Å²) in [4.78, 5) is 7.12. The molecule has 0 amide bonds. The van der Waals surface area contributed by atoms with E-state index in [1.165, 1.54) is 0 Å². The molecule has 2 N–H and O–H groups in total. The summed E-state index contributed by atoms with van der Waals surface area (Å²) in [6.07, 6.45) is 0. The normalized spacial score (nSPS) is 13.8. The van der Waals surface area contributed by atoms with Gasteiger partial charge < -0.3 is 5.73 Å². The Labute approximate surface area is 60.1 Å². The first-order valence-electron chi connectivity index (χ1n) is 2.87. The van der Waals surface area contributed by atoms with Crippen LogP contribution < -0.4 is 5.73 Å². The van der Waals surface area contributed by atoms with Gasteiger partial charge in [0.25, 0.3) is 0 Å². The summed E-state index contributed by atoms with van der Waals surface area (Å²) >= 11 is 0. The minimum atomic E-state index is -0.111. The third-order valence-electron chi connectivity index (χ3n) is 0.910. The molecule has 0 radical (unpaired) electrons. The summed E-state index contributed by atoms with van der Waals surface area (Å²) in [6.45, 7) is 5.33. The van der Waals surface area contributed by atoms with Gasteiger partial charge in [0.1, 0.15) is 0 Å². The van der Waals surface area contributed by atoms with Crippen molar-refractivity contribution in [3.05, 3.63) is 0 Å². The number of hydrogen-bond acceptors (Lipinski definition) is 2. The average Bonchev–Trinajstić information content (AvgIpc) is 1.99. The SMILES string of the molecule is C=NC(N)=NCC(C)C#N. The third kappa shape index (κ3) is 3.61. The zero-order valence-corrected chi connectivity index (χ0v) is 5.91. The molecule has 0 heterocycles. The van der Waals surface area contributed by atoms with Crippen LogP contribution in [0.25, 0.3) is 0 Å². The maximum Gasteiger partial charge on any atom is 0.214 e. The first kappa shape index (κ1) is 8.63. The molecule has 1 atom stereocenters. The van der Waals surface area contributed by atoms with E-state index in [2.05, 4.69) is 16.7 Å². The summed E-state index contributed by atoms with van der Waals surface area (Å²) in [6, 6.07) is 2.02. The molecule has 0 aliphatic heterocycles. The van der Waals surface area contributed by atoms with Gasteiger partial charge in [-0.3, -0.25) is 4.99 Å². The quantitative estimate of drug-likeness (QED) is 0.436. The molecule has 54 valence electrons. The number of nitriles is 1. The largest absolute Gasteiger partial charge is 0.368 e. The average molecular weight is 138 g/mol. The predicted octanol–water partition coefficient (Wildman–Crippen LogP) is 0.161. The van der Waals surface area contributed by atoms with Gasteiger partial charge in [0.05, 0.1) is 18.5 Å². The minimum absolute atomic E-state index is 0.111. The predicted molar refractivity (Wildman–Crippen MR) is 40.8 cm³/mol. The molecule has 0 aromatic carbocycles. The summed E-state index contributed by atoms with van der Waals surface area (Å²) in [5.41, 5.74) is 5.19. The van der Waals surface area contributed by atoms with Crippen molar-refractivity contribution in [2.24, 2.45) is 21.6 Å². The molecule has 1 unspecified atom stereocenters. The minimum Gasteiger partial charge on any atom is -0.368 e. The molecular weight excluding hydrogens is 128 g/mol. The van der Waals surface area contributed by atoms with Crippen LogP contribution in [0.5, 0.6) is 0 Å². The second kappa shape index (κ2) is 4.50. The molecular formula is C6H10N4. The summed E-state index contributed by atoms with van der Waals surface area (Å²) in [5.74, 6) is 0.0300. The lowest BCUT2D eigenvalue weighted by molar-refractivity contribution is 0.755. The van der Waals surface area contributed by atoms with E-state index < -0.39 is 0 Å². The first-order chi connectivity index (χ1) is 4.70. The van der Waals surface area contributed by atoms with Crippen molar-refractivity contribution in [2.45, 2.75) is 6.92 Å². The van der Waals surface area contributed by atoms with Gasteiger partial charge >= 0.3 is 0 Å². The van der Waals surface area contributed by atoms with Gasteiger partial charge in [0, 0.05) is 0 Å². The topological polar surface area (TPSA) is 74.5 Å². The smallest absolute Gasteiger partial charge is 0.214 e. The van der Waals surface area contributed by atoms with Gasteiger partial charge in [-0.25, -0.2) is 4.99 Å². The van der Waals surface area contributed by atoms with Gasteiger partial charge in [0.15, 0.2) is 0 Å². The van der Waals surface area contributed by atoms with Crippen molar-refractivity contribution in [1.29, 1.82) is 5.26 Å². The van der Waals surface area contributed by atoms with Crippen LogP contribution in [0.4, 0.5) is 0 Å². The molecule has 0 saturated heterocycles. The van der Waals surface area contributed by atoms with Crippen molar-refractivity contribution in [3.63, 3.8) is 0 Å². The monoisotopic (exact) mass is 138 g/mol. The van der Waals surface area contributed by atoms with E-state index in [1.54, 1.807) is 6.92 Å². The Bertz CT molecular complexity index is 177. The second-order valence-electron chi connectivity index (χ2n) is 1.89. The van der Waals surface area contributed by atoms with Crippen LogP contribution in [-0.4, -0.2) is 19.2 Å². The Morgan fingerprint density at radius 2 is 2.50 bits per heavy atom. The first-order valence-corrected chi connectivity index (χ1v) is 2.87. The van der Waals surface area contributed by atoms with Crippen LogP contribution in [0.1, 0.15) is 6.92 Å². The highest BCUT2D eigenvalue weighted by Gasteiger charge is 1.95. The van der Waals surface area contributed by atoms with E-state index in [0.717, 1.165) is 0 Å². The molecule has 0 aliphatic carbocycles. The lowest BCUT2D eigenvalue weighted by atomic mass is 10.2. The highest BCUT2D eigenvalue weighted by Crippen LogP contribution is 1.91. The molecule has 0 aliphatic rings. The van der Waals surface area contributed by atoms with E-state index in [-0.39, 0.29) is 11.9 Å². The van der Waals surface area contributed by atoms with Crippen molar-refractivity contribution >= 4 is 12.7 Å². The van der Waals surface area contributed by atoms with Gasteiger partial charge in [-0.05, 0) is 13.6 Å². The Morgan fingerprint density at radius 1 is 1.90 bits per heavy atom. The maximum absolute atomic E-state index is 8.31. The fourth-order valence-corrected chi connectivity index (χ4v) is 0.321. The number of aliphatic imine (C=N–C) groups is 2. The Kier molecular flexibility index (Phi) is 3.89. The van der Waals surface area contributed by atoms with Crippen LogP contribution in [0.2, 0.25) is 0 Å². The van der Waals surface area contributed by atoms with Crippen LogP contribution in [0.3, 0.4) is 0 Å². The van der Waals surface area contributed by atoms with Crippen molar-refractivity contribution in [2.75, 3.05) is 6.54 Å². The zero-order valence-electron chi connectivity index (χ0n) is 5.91. The zero-order chi connectivity index (χ0) is 7.98. The van der Waals surface area contributed by atoms with Crippen molar-refractivity contribution < 1.29 is 0 Å². The van der Waals surface area contributed by atoms with Crippen LogP contribution >= 0.6 is 0 Å². The summed E-state index contributed by atoms with van der Waals surface area (Å²) < 4.78 is 0. The summed E-state index contributed by atoms with van der Waals surface area (Å²) in [5, 5.41) is 8.31. The van der Waals surface area contributed by atoms with Crippen molar-refractivity contribution in [1.82, 2.24) is 0 Å². The Hall–Kier alpha value is -1.37. The standard InChI is InChI=1S/C6H10N4/c1-5(3-7)4-10-6(8)9-2/h5H,2,4H2,1H3,(H2,8,10). The van der Waals surface area contributed by atoms with Crippen LogP contribution in [0, 0.1) is 17.2 Å². The second-order valence-corrected chi connectivity index (χ2v) is 1.89. The van der Waals surface area contributed by atoms with Gasteiger partial charge in [0.2, 0.25) is 5.96 Å². The van der Waals surface area contributed by atoms with Crippen LogP contribution in [-0.2, 0) is 0 Å². The Morgan fingerprint density at radius 3 is 2.90 bits per heavy atom. The fourth-order valence-electron chi connectivity index (χ4n) is 0.321. The van der Waals surface area contributed by atoms with E-state index >= 15 is 0 Å². The molecule has 0 aromatic rings. The van der Waals surface area contributed by atoms with Crippen molar-refractivity contribution in [3.8, 4) is 6.07 Å². The fraction of sp³-hybridized carbons (Fsp3) is 0.500. The van der Waals surface area contributed by atoms with Gasteiger partial charge in [-0.1, -0.05) is 0 Å². The van der Waals surface area contributed by atoms with E-state index in [9.17, 15) is 0 Å².